The van der Waals surface area contributed by atoms with Gasteiger partial charge in [0.1, 0.15) is 12.0 Å². The lowest BCUT2D eigenvalue weighted by Crippen LogP contribution is -2.40. The van der Waals surface area contributed by atoms with E-state index in [9.17, 15) is 4.79 Å². The van der Waals surface area contributed by atoms with Crippen molar-refractivity contribution in [3.63, 3.8) is 0 Å². The van der Waals surface area contributed by atoms with Gasteiger partial charge in [0.15, 0.2) is 11.6 Å². The second kappa shape index (κ2) is 8.70. The Kier molecular flexibility index (Phi) is 6.63. The van der Waals surface area contributed by atoms with Crippen molar-refractivity contribution in [1.29, 1.82) is 0 Å². The molecule has 1 aromatic rings. The topological polar surface area (TPSA) is 84.6 Å². The molecule has 1 aliphatic heterocycles. The number of nitrogens with two attached hydrogens (primary N) is 1. The first kappa shape index (κ1) is 18.3. The maximum atomic E-state index is 12.0. The quantitative estimate of drug-likeness (QED) is 0.764. The Morgan fingerprint density at radius 3 is 2.96 bits per heavy atom. The first-order valence-electron chi connectivity index (χ1n) is 8.81. The number of hydrogen-bond donors (Lipinski definition) is 1. The summed E-state index contributed by atoms with van der Waals surface area (Å²) < 4.78 is 5.16. The molecule has 1 atom stereocenters. The fraction of sp³-hybridized carbons (Fsp3) is 0.706. The number of hydrogen-bond acceptors (Lipinski definition) is 7. The van der Waals surface area contributed by atoms with Crippen LogP contribution in [0.25, 0.3) is 0 Å². The number of unbranched alkanes of at least 4 members (excludes halogenated alkanes) is 1. The summed E-state index contributed by atoms with van der Waals surface area (Å²) >= 11 is 0. The van der Waals surface area contributed by atoms with Gasteiger partial charge in [-0.1, -0.05) is 13.3 Å². The van der Waals surface area contributed by atoms with Gasteiger partial charge in [-0.3, -0.25) is 4.79 Å². The second-order valence-corrected chi connectivity index (χ2v) is 6.25. The van der Waals surface area contributed by atoms with Gasteiger partial charge in [-0.05, 0) is 26.2 Å². The zero-order valence-electron chi connectivity index (χ0n) is 15.0. The van der Waals surface area contributed by atoms with E-state index in [1.165, 1.54) is 0 Å². The number of ether oxygens (including phenoxy) is 1. The SMILES string of the molecule is CCCCN(C)c1ncnc(N2CCCC(C(=O)OCC)C2)c1N. The van der Waals surface area contributed by atoms with Gasteiger partial charge >= 0.3 is 5.97 Å². The zero-order valence-corrected chi connectivity index (χ0v) is 15.0. The number of piperidine rings is 1. The number of carbonyl (C=O) groups excluding carboxylic acids is 1. The molecule has 7 heteroatoms. The third-order valence-corrected chi connectivity index (χ3v) is 4.39. The molecular formula is C17H29N5O2. The highest BCUT2D eigenvalue weighted by molar-refractivity contribution is 5.77. The Bertz CT molecular complexity index is 552. The lowest BCUT2D eigenvalue weighted by molar-refractivity contribution is -0.148. The van der Waals surface area contributed by atoms with Crippen LogP contribution in [0.2, 0.25) is 0 Å². The van der Waals surface area contributed by atoms with Gasteiger partial charge in [0.25, 0.3) is 0 Å². The first-order valence-corrected chi connectivity index (χ1v) is 8.81. The average Bonchev–Trinajstić information content (AvgIpc) is 2.60. The molecular weight excluding hydrogens is 306 g/mol. The van der Waals surface area contributed by atoms with Gasteiger partial charge in [0.2, 0.25) is 0 Å². The van der Waals surface area contributed by atoms with E-state index in [0.717, 1.165) is 50.4 Å². The number of esters is 1. The molecule has 1 unspecified atom stereocenters. The fourth-order valence-corrected chi connectivity index (χ4v) is 3.06. The molecule has 0 saturated carbocycles. The van der Waals surface area contributed by atoms with Gasteiger partial charge in [-0.15, -0.1) is 0 Å². The lowest BCUT2D eigenvalue weighted by Gasteiger charge is -2.33. The van der Waals surface area contributed by atoms with Crippen molar-refractivity contribution in [2.45, 2.75) is 39.5 Å². The first-order chi connectivity index (χ1) is 11.6. The number of aromatic nitrogens is 2. The van der Waals surface area contributed by atoms with E-state index < -0.39 is 0 Å². The van der Waals surface area contributed by atoms with Crippen LogP contribution in [0.15, 0.2) is 6.33 Å². The summed E-state index contributed by atoms with van der Waals surface area (Å²) in [7, 11) is 2.00. The molecule has 134 valence electrons. The van der Waals surface area contributed by atoms with Crippen molar-refractivity contribution in [3.05, 3.63) is 6.33 Å². The Morgan fingerprint density at radius 2 is 2.25 bits per heavy atom. The predicted molar refractivity (Wildman–Crippen MR) is 96.2 cm³/mol. The highest BCUT2D eigenvalue weighted by atomic mass is 16.5. The van der Waals surface area contributed by atoms with Gasteiger partial charge in [-0.25, -0.2) is 9.97 Å². The maximum absolute atomic E-state index is 12.0. The van der Waals surface area contributed by atoms with E-state index in [0.29, 0.717) is 18.8 Å². The van der Waals surface area contributed by atoms with Crippen LogP contribution < -0.4 is 15.5 Å². The predicted octanol–water partition coefficient (Wildman–Crippen LogP) is 2.07. The molecule has 1 aromatic heterocycles. The summed E-state index contributed by atoms with van der Waals surface area (Å²) in [5, 5.41) is 0. The van der Waals surface area contributed by atoms with Gasteiger partial charge in [0, 0.05) is 26.7 Å². The normalized spacial score (nSPS) is 17.6. The van der Waals surface area contributed by atoms with E-state index in [1.54, 1.807) is 6.33 Å². The van der Waals surface area contributed by atoms with Crippen LogP contribution in [0, 0.1) is 5.92 Å². The van der Waals surface area contributed by atoms with Crippen molar-refractivity contribution < 1.29 is 9.53 Å². The molecule has 1 fully saturated rings. The molecule has 0 aliphatic carbocycles. The van der Waals surface area contributed by atoms with E-state index in [2.05, 4.69) is 26.7 Å². The second-order valence-electron chi connectivity index (χ2n) is 6.25. The van der Waals surface area contributed by atoms with Crippen LogP contribution in [0.1, 0.15) is 39.5 Å². The highest BCUT2D eigenvalue weighted by Gasteiger charge is 2.29. The molecule has 24 heavy (non-hydrogen) atoms. The summed E-state index contributed by atoms with van der Waals surface area (Å²) in [4.78, 5) is 24.9. The van der Waals surface area contributed by atoms with E-state index in [-0.39, 0.29) is 11.9 Å². The van der Waals surface area contributed by atoms with Crippen molar-refractivity contribution >= 4 is 23.3 Å². The van der Waals surface area contributed by atoms with Crippen molar-refractivity contribution in [2.75, 3.05) is 48.8 Å². The largest absolute Gasteiger partial charge is 0.466 e. The van der Waals surface area contributed by atoms with E-state index in [4.69, 9.17) is 10.5 Å². The summed E-state index contributed by atoms with van der Waals surface area (Å²) in [6.07, 6.45) is 5.54. The maximum Gasteiger partial charge on any atom is 0.310 e. The summed E-state index contributed by atoms with van der Waals surface area (Å²) in [6.45, 7) is 6.75. The van der Waals surface area contributed by atoms with Gasteiger partial charge < -0.3 is 20.3 Å². The minimum absolute atomic E-state index is 0.116. The third-order valence-electron chi connectivity index (χ3n) is 4.39. The van der Waals surface area contributed by atoms with Crippen LogP contribution in [0.3, 0.4) is 0 Å². The zero-order chi connectivity index (χ0) is 17.5. The molecule has 2 heterocycles. The Hall–Kier alpha value is -2.05. The fourth-order valence-electron chi connectivity index (χ4n) is 3.06. The van der Waals surface area contributed by atoms with Crippen molar-refractivity contribution in [1.82, 2.24) is 9.97 Å². The number of rotatable bonds is 7. The van der Waals surface area contributed by atoms with Crippen molar-refractivity contribution in [3.8, 4) is 0 Å². The van der Waals surface area contributed by atoms with Gasteiger partial charge in [0.05, 0.1) is 12.5 Å². The molecule has 0 spiro atoms. The average molecular weight is 335 g/mol. The van der Waals surface area contributed by atoms with Crippen molar-refractivity contribution in [2.24, 2.45) is 5.92 Å². The number of anilines is 3. The Balaban J connectivity index is 2.14. The van der Waals surface area contributed by atoms with Crippen LogP contribution in [-0.4, -0.2) is 49.2 Å². The number of nitrogens with zero attached hydrogens (tertiary/aromatic N) is 4. The van der Waals surface area contributed by atoms with Crippen LogP contribution in [0.4, 0.5) is 17.3 Å². The lowest BCUT2D eigenvalue weighted by atomic mass is 9.98. The molecule has 0 radical (unpaired) electrons. The number of carbonyl (C=O) groups is 1. The molecule has 2 N–H and O–H groups in total. The standard InChI is InChI=1S/C17H29N5O2/c1-4-6-9-21(3)15-14(18)16(20-12-19-15)22-10-7-8-13(11-22)17(23)24-5-2/h12-13H,4-11,18H2,1-3H3. The molecule has 7 nitrogen and oxygen atoms in total. The summed E-state index contributed by atoms with van der Waals surface area (Å²) in [6, 6.07) is 0. The Morgan fingerprint density at radius 1 is 1.46 bits per heavy atom. The molecule has 0 aromatic carbocycles. The summed E-state index contributed by atoms with van der Waals surface area (Å²) in [5.41, 5.74) is 6.93. The molecule has 0 amide bonds. The molecule has 0 bridgehead atoms. The third kappa shape index (κ3) is 4.27. The minimum atomic E-state index is -0.130. The summed E-state index contributed by atoms with van der Waals surface area (Å²) in [5.74, 6) is 1.23. The number of nitrogen functional groups attached to an aromatic ring is 1. The highest BCUT2D eigenvalue weighted by Crippen LogP contribution is 2.31. The van der Waals surface area contributed by atoms with Crippen LogP contribution >= 0.6 is 0 Å². The Labute approximate surface area is 144 Å². The van der Waals surface area contributed by atoms with Gasteiger partial charge in [-0.2, -0.15) is 0 Å². The van der Waals surface area contributed by atoms with E-state index >= 15 is 0 Å². The van der Waals surface area contributed by atoms with Crippen LogP contribution in [0.5, 0.6) is 0 Å². The smallest absolute Gasteiger partial charge is 0.310 e. The molecule has 1 aliphatic rings. The molecule has 2 rings (SSSR count). The van der Waals surface area contributed by atoms with E-state index in [1.807, 2.05) is 14.0 Å². The minimum Gasteiger partial charge on any atom is -0.466 e. The van der Waals surface area contributed by atoms with Crippen LogP contribution in [-0.2, 0) is 9.53 Å². The monoisotopic (exact) mass is 335 g/mol. The molecule has 1 saturated heterocycles.